The number of aliphatic carboxylic acids is 1. The van der Waals surface area contributed by atoms with Gasteiger partial charge in [0.25, 0.3) is 0 Å². The third-order valence-corrected chi connectivity index (χ3v) is 4.80. The maximum atomic E-state index is 14.9. The van der Waals surface area contributed by atoms with Crippen LogP contribution in [0.15, 0.2) is 11.8 Å². The van der Waals surface area contributed by atoms with Gasteiger partial charge in [-0.3, -0.25) is 0 Å². The number of carboxylic acids is 1. The van der Waals surface area contributed by atoms with E-state index in [-0.39, 0.29) is 41.4 Å². The molecule has 1 fully saturated rings. The van der Waals surface area contributed by atoms with E-state index in [0.717, 1.165) is 12.8 Å². The number of aromatic hydroxyl groups is 1. The number of aromatic amines is 1. The highest BCUT2D eigenvalue weighted by Gasteiger charge is 2.38. The van der Waals surface area contributed by atoms with E-state index in [0.29, 0.717) is 0 Å². The van der Waals surface area contributed by atoms with Crippen LogP contribution in [-0.2, 0) is 16.0 Å². The van der Waals surface area contributed by atoms with Crippen LogP contribution in [0.3, 0.4) is 0 Å². The maximum Gasteiger partial charge on any atom is 0.358 e. The van der Waals surface area contributed by atoms with E-state index >= 15 is 0 Å². The molecule has 0 saturated heterocycles. The van der Waals surface area contributed by atoms with E-state index < -0.39 is 40.4 Å². The minimum atomic E-state index is -1.30. The average Bonchev–Trinajstić information content (AvgIpc) is 3.41. The van der Waals surface area contributed by atoms with Crippen molar-refractivity contribution in [2.24, 2.45) is 0 Å². The zero-order valence-corrected chi connectivity index (χ0v) is 14.3. The predicted molar refractivity (Wildman–Crippen MR) is 90.8 cm³/mol. The van der Waals surface area contributed by atoms with Crippen LogP contribution in [-0.4, -0.2) is 39.8 Å². The third-order valence-electron chi connectivity index (χ3n) is 4.80. The number of carbonyl (C=O) groups is 2. The number of esters is 1. The Morgan fingerprint density at radius 1 is 1.33 bits per heavy atom. The lowest BCUT2D eigenvalue weighted by atomic mass is 9.96. The summed E-state index contributed by atoms with van der Waals surface area (Å²) in [7, 11) is 0. The predicted octanol–water partition coefficient (Wildman–Crippen LogP) is 2.82. The Morgan fingerprint density at radius 3 is 2.63 bits per heavy atom. The van der Waals surface area contributed by atoms with Crippen molar-refractivity contribution in [3.05, 3.63) is 34.7 Å². The molecule has 0 unspecified atom stereocenters. The van der Waals surface area contributed by atoms with Crippen molar-refractivity contribution in [1.82, 2.24) is 4.98 Å². The molecule has 1 aliphatic carbocycles. The largest absolute Gasteiger partial charge is 0.505 e. The first kappa shape index (κ1) is 17.3. The third kappa shape index (κ3) is 2.53. The molecule has 0 spiro atoms. The van der Waals surface area contributed by atoms with Crippen LogP contribution in [0.1, 0.15) is 35.8 Å². The molecule has 0 bridgehead atoms. The van der Waals surface area contributed by atoms with Crippen molar-refractivity contribution in [2.75, 3.05) is 11.5 Å². The summed E-state index contributed by atoms with van der Waals surface area (Å²) >= 11 is 0. The fraction of sp³-hybridized carbons (Fsp3) is 0.333. The second kappa shape index (κ2) is 5.97. The molecule has 2 aliphatic rings. The van der Waals surface area contributed by atoms with E-state index in [4.69, 9.17) is 4.74 Å². The van der Waals surface area contributed by atoms with Gasteiger partial charge in [-0.2, -0.15) is 0 Å². The summed E-state index contributed by atoms with van der Waals surface area (Å²) in [6, 6.07) is -0.113. The number of anilines is 1. The molecular formula is C18H16F2N2O5. The summed E-state index contributed by atoms with van der Waals surface area (Å²) in [4.78, 5) is 27.6. The van der Waals surface area contributed by atoms with Gasteiger partial charge in [-0.15, -0.1) is 0 Å². The van der Waals surface area contributed by atoms with E-state index in [2.05, 4.69) is 4.98 Å². The molecule has 0 amide bonds. The van der Waals surface area contributed by atoms with Crippen LogP contribution >= 0.6 is 0 Å². The molecule has 1 saturated carbocycles. The van der Waals surface area contributed by atoms with Gasteiger partial charge >= 0.3 is 11.9 Å². The smallest absolute Gasteiger partial charge is 0.358 e. The van der Waals surface area contributed by atoms with Crippen LogP contribution in [0, 0.1) is 11.6 Å². The number of benzene rings is 1. The highest BCUT2D eigenvalue weighted by atomic mass is 19.2. The van der Waals surface area contributed by atoms with Crippen molar-refractivity contribution in [2.45, 2.75) is 32.2 Å². The van der Waals surface area contributed by atoms with Crippen molar-refractivity contribution in [1.29, 1.82) is 0 Å². The van der Waals surface area contributed by atoms with Crippen LogP contribution in [0.25, 0.3) is 10.9 Å². The van der Waals surface area contributed by atoms with Crippen molar-refractivity contribution in [3.63, 3.8) is 0 Å². The van der Waals surface area contributed by atoms with E-state index in [1.54, 1.807) is 6.92 Å². The number of fused-ring (bicyclic) bond motifs is 3. The van der Waals surface area contributed by atoms with Gasteiger partial charge in [0.2, 0.25) is 0 Å². The highest BCUT2D eigenvalue weighted by molar-refractivity contribution is 6.04. The van der Waals surface area contributed by atoms with E-state index in [1.165, 1.54) is 11.1 Å². The van der Waals surface area contributed by atoms with Crippen LogP contribution in [0.2, 0.25) is 0 Å². The first-order valence-corrected chi connectivity index (χ1v) is 8.49. The van der Waals surface area contributed by atoms with Gasteiger partial charge < -0.3 is 24.8 Å². The zero-order chi connectivity index (χ0) is 19.5. The number of ether oxygens (including phenoxy) is 1. The van der Waals surface area contributed by atoms with E-state index in [9.17, 15) is 28.6 Å². The summed E-state index contributed by atoms with van der Waals surface area (Å²) in [5, 5.41) is 19.2. The summed E-state index contributed by atoms with van der Waals surface area (Å²) in [5.41, 5.74) is -0.288. The standard InChI is InChI=1S/C18H16F2N2O5/c1-2-27-18(26)14-16(23)10-11(19)12(20)15-9(13(10)21-14)5-7(17(24)25)6-22(15)8-3-4-8/h6,8,21,23H,2-5H2,1H3,(H,24,25). The van der Waals surface area contributed by atoms with Crippen LogP contribution in [0.5, 0.6) is 5.75 Å². The number of halogens is 2. The number of hydrogen-bond donors (Lipinski definition) is 3. The molecule has 9 heteroatoms. The number of carbonyl (C=O) groups excluding carboxylic acids is 1. The summed E-state index contributed by atoms with van der Waals surface area (Å²) in [6.07, 6.45) is 2.60. The zero-order valence-electron chi connectivity index (χ0n) is 14.3. The fourth-order valence-corrected chi connectivity index (χ4v) is 3.43. The van der Waals surface area contributed by atoms with Gasteiger partial charge in [-0.1, -0.05) is 0 Å². The SMILES string of the molecule is CCOC(=O)c1[nH]c2c3c(c(F)c(F)c2c1O)N(C1CC1)C=C(C(=O)O)C3. The molecular weight excluding hydrogens is 362 g/mol. The minimum Gasteiger partial charge on any atom is -0.505 e. The van der Waals surface area contributed by atoms with Gasteiger partial charge in [0.15, 0.2) is 23.1 Å². The molecule has 27 heavy (non-hydrogen) atoms. The van der Waals surface area contributed by atoms with Gasteiger partial charge in [-0.25, -0.2) is 18.4 Å². The summed E-state index contributed by atoms with van der Waals surface area (Å²) < 4.78 is 34.5. The monoisotopic (exact) mass is 378 g/mol. The van der Waals surface area contributed by atoms with Crippen molar-refractivity contribution < 1.29 is 33.3 Å². The molecule has 0 radical (unpaired) electrons. The Bertz CT molecular complexity index is 1020. The van der Waals surface area contributed by atoms with Gasteiger partial charge in [0, 0.05) is 24.2 Å². The fourth-order valence-electron chi connectivity index (χ4n) is 3.43. The lowest BCUT2D eigenvalue weighted by molar-refractivity contribution is -0.132. The lowest BCUT2D eigenvalue weighted by Crippen LogP contribution is -2.28. The second-order valence-electron chi connectivity index (χ2n) is 6.55. The molecule has 3 N–H and O–H groups in total. The molecule has 2 aromatic rings. The summed E-state index contributed by atoms with van der Waals surface area (Å²) in [5.74, 6) is -5.33. The molecule has 7 nitrogen and oxygen atoms in total. The minimum absolute atomic E-state index is 0.00785. The number of carboxylic acid groups (broad SMARTS) is 1. The number of rotatable bonds is 4. The summed E-state index contributed by atoms with van der Waals surface area (Å²) in [6.45, 7) is 1.60. The number of hydrogen-bond acceptors (Lipinski definition) is 5. The Balaban J connectivity index is 2.00. The van der Waals surface area contributed by atoms with E-state index in [1.807, 2.05) is 0 Å². The van der Waals surface area contributed by atoms with Crippen molar-refractivity contribution in [3.8, 4) is 5.75 Å². The average molecular weight is 378 g/mol. The Kier molecular flexibility index (Phi) is 3.83. The molecule has 1 aromatic heterocycles. The number of H-pyrrole nitrogens is 1. The quantitative estimate of drug-likeness (QED) is 0.707. The highest BCUT2D eigenvalue weighted by Crippen LogP contribution is 2.46. The lowest BCUT2D eigenvalue weighted by Gasteiger charge is -2.29. The normalized spacial score (nSPS) is 16.3. The van der Waals surface area contributed by atoms with Gasteiger partial charge in [0.05, 0.1) is 28.8 Å². The number of aromatic nitrogens is 1. The number of nitrogens with one attached hydrogen (secondary N) is 1. The first-order valence-electron chi connectivity index (χ1n) is 8.49. The molecule has 0 atom stereocenters. The maximum absolute atomic E-state index is 14.9. The van der Waals surface area contributed by atoms with Gasteiger partial charge in [0.1, 0.15) is 0 Å². The molecule has 1 aromatic carbocycles. The first-order chi connectivity index (χ1) is 12.8. The topological polar surface area (TPSA) is 103 Å². The Hall–Kier alpha value is -3.10. The van der Waals surface area contributed by atoms with Crippen molar-refractivity contribution >= 4 is 28.5 Å². The number of nitrogens with zero attached hydrogens (tertiary/aromatic N) is 1. The Morgan fingerprint density at radius 2 is 2.04 bits per heavy atom. The second-order valence-corrected chi connectivity index (χ2v) is 6.55. The molecule has 1 aliphatic heterocycles. The molecule has 4 rings (SSSR count). The van der Waals surface area contributed by atoms with Crippen LogP contribution in [0.4, 0.5) is 14.5 Å². The Labute approximate surface area is 151 Å². The van der Waals surface area contributed by atoms with Gasteiger partial charge in [-0.05, 0) is 19.8 Å². The molecule has 142 valence electrons. The van der Waals surface area contributed by atoms with Crippen LogP contribution < -0.4 is 4.90 Å². The molecule has 2 heterocycles.